The van der Waals surface area contributed by atoms with E-state index in [1.54, 1.807) is 0 Å². The summed E-state index contributed by atoms with van der Waals surface area (Å²) in [6.45, 7) is 0. The van der Waals surface area contributed by atoms with Crippen LogP contribution >= 0.6 is 22.6 Å². The van der Waals surface area contributed by atoms with Gasteiger partial charge in [0, 0.05) is 21.2 Å². The Morgan fingerprint density at radius 1 is 1.17 bits per heavy atom. The molecule has 2 bridgehead atoms. The summed E-state index contributed by atoms with van der Waals surface area (Å²) in [6, 6.07) is 8.21. The largest absolute Gasteiger partial charge is 0.393 e. The van der Waals surface area contributed by atoms with E-state index >= 15 is 0 Å². The van der Waals surface area contributed by atoms with Crippen molar-refractivity contribution in [3.8, 4) is 0 Å². The molecule has 2 saturated heterocycles. The molecule has 3 nitrogen and oxygen atoms in total. The summed E-state index contributed by atoms with van der Waals surface area (Å²) in [4.78, 5) is 14.5. The zero-order valence-corrected chi connectivity index (χ0v) is 12.2. The van der Waals surface area contributed by atoms with Crippen LogP contribution in [0.15, 0.2) is 24.3 Å². The van der Waals surface area contributed by atoms with Gasteiger partial charge in [-0.15, -0.1) is 0 Å². The number of nitrogens with zero attached hydrogens (tertiary/aromatic N) is 1. The second-order valence-corrected chi connectivity index (χ2v) is 6.48. The lowest BCUT2D eigenvalue weighted by atomic mass is 9.99. The van der Waals surface area contributed by atoms with E-state index in [1.165, 1.54) is 0 Å². The van der Waals surface area contributed by atoms with Crippen LogP contribution < -0.4 is 0 Å². The summed E-state index contributed by atoms with van der Waals surface area (Å²) in [6.07, 6.45) is 3.35. The summed E-state index contributed by atoms with van der Waals surface area (Å²) in [5, 5.41) is 9.76. The summed E-state index contributed by atoms with van der Waals surface area (Å²) < 4.78 is 1.14. The fourth-order valence-corrected chi connectivity index (χ4v) is 3.58. The number of hydrogen-bond donors (Lipinski definition) is 1. The van der Waals surface area contributed by atoms with Gasteiger partial charge in [-0.3, -0.25) is 4.79 Å². The molecule has 0 aromatic heterocycles. The number of rotatable bonds is 1. The van der Waals surface area contributed by atoms with Crippen LogP contribution in [0.2, 0.25) is 0 Å². The highest BCUT2D eigenvalue weighted by Gasteiger charge is 2.42. The molecule has 2 heterocycles. The van der Waals surface area contributed by atoms with Gasteiger partial charge >= 0.3 is 0 Å². The lowest BCUT2D eigenvalue weighted by Crippen LogP contribution is -2.47. The SMILES string of the molecule is O=C(c1ccc(I)cc1)N1C2CCC1CC(O)C2. The molecule has 1 amide bonds. The number of carbonyl (C=O) groups excluding carboxylic acids is 1. The van der Waals surface area contributed by atoms with Crippen LogP contribution in [-0.2, 0) is 0 Å². The first-order valence-electron chi connectivity index (χ1n) is 6.41. The molecule has 1 N–H and O–H groups in total. The third-order valence-electron chi connectivity index (χ3n) is 4.03. The van der Waals surface area contributed by atoms with Crippen LogP contribution in [0.3, 0.4) is 0 Å². The van der Waals surface area contributed by atoms with Crippen LogP contribution in [0.4, 0.5) is 0 Å². The molecule has 0 spiro atoms. The molecule has 0 saturated carbocycles. The van der Waals surface area contributed by atoms with E-state index in [2.05, 4.69) is 22.6 Å². The van der Waals surface area contributed by atoms with Crippen molar-refractivity contribution in [3.05, 3.63) is 33.4 Å². The minimum Gasteiger partial charge on any atom is -0.393 e. The fraction of sp³-hybridized carbons (Fsp3) is 0.500. The molecule has 2 fully saturated rings. The predicted molar refractivity (Wildman–Crippen MR) is 77.4 cm³/mol. The van der Waals surface area contributed by atoms with Crippen LogP contribution in [0.1, 0.15) is 36.0 Å². The molecule has 3 rings (SSSR count). The van der Waals surface area contributed by atoms with Gasteiger partial charge in [0.2, 0.25) is 0 Å². The molecule has 1 aromatic rings. The predicted octanol–water partition coefficient (Wildman–Crippen LogP) is 2.42. The molecule has 2 unspecified atom stereocenters. The second kappa shape index (κ2) is 4.81. The Labute approximate surface area is 120 Å². The zero-order chi connectivity index (χ0) is 12.7. The molecular weight excluding hydrogens is 341 g/mol. The first kappa shape index (κ1) is 12.4. The van der Waals surface area contributed by atoms with Crippen LogP contribution in [-0.4, -0.2) is 34.1 Å². The van der Waals surface area contributed by atoms with E-state index in [-0.39, 0.29) is 24.1 Å². The third kappa shape index (κ3) is 2.16. The Bertz CT molecular complexity index is 445. The van der Waals surface area contributed by atoms with Gasteiger partial charge < -0.3 is 10.0 Å². The van der Waals surface area contributed by atoms with E-state index in [9.17, 15) is 9.90 Å². The number of halogens is 1. The summed E-state index contributed by atoms with van der Waals surface area (Å²) in [7, 11) is 0. The van der Waals surface area contributed by atoms with Gasteiger partial charge in [-0.25, -0.2) is 0 Å². The molecule has 2 aliphatic rings. The summed E-state index contributed by atoms with van der Waals surface area (Å²) in [5.74, 6) is 0.130. The number of hydrogen-bond acceptors (Lipinski definition) is 2. The number of amides is 1. The standard InChI is InChI=1S/C14H16INO2/c15-10-3-1-9(2-4-10)14(18)16-11-5-6-12(16)8-13(17)7-11/h1-4,11-13,17H,5-8H2. The monoisotopic (exact) mass is 357 g/mol. The van der Waals surface area contributed by atoms with Gasteiger partial charge in [-0.05, 0) is 72.5 Å². The number of piperidine rings is 1. The van der Waals surface area contributed by atoms with Crippen molar-refractivity contribution in [2.24, 2.45) is 0 Å². The van der Waals surface area contributed by atoms with E-state index in [1.807, 2.05) is 29.2 Å². The van der Waals surface area contributed by atoms with Gasteiger partial charge in [0.25, 0.3) is 5.91 Å². The quantitative estimate of drug-likeness (QED) is 0.785. The Morgan fingerprint density at radius 2 is 1.72 bits per heavy atom. The number of aliphatic hydroxyl groups excluding tert-OH is 1. The smallest absolute Gasteiger partial charge is 0.254 e. The van der Waals surface area contributed by atoms with Crippen molar-refractivity contribution in [2.45, 2.75) is 43.9 Å². The van der Waals surface area contributed by atoms with Crippen molar-refractivity contribution in [1.29, 1.82) is 0 Å². The number of fused-ring (bicyclic) bond motifs is 2. The fourth-order valence-electron chi connectivity index (χ4n) is 3.22. The summed E-state index contributed by atoms with van der Waals surface area (Å²) >= 11 is 2.24. The molecule has 2 atom stereocenters. The topological polar surface area (TPSA) is 40.5 Å². The first-order chi connectivity index (χ1) is 8.65. The van der Waals surface area contributed by atoms with Crippen LogP contribution in [0.25, 0.3) is 0 Å². The number of carbonyl (C=O) groups is 1. The minimum absolute atomic E-state index is 0.130. The van der Waals surface area contributed by atoms with E-state index in [0.717, 1.165) is 34.8 Å². The van der Waals surface area contributed by atoms with Crippen molar-refractivity contribution >= 4 is 28.5 Å². The Kier molecular flexibility index (Phi) is 3.32. The van der Waals surface area contributed by atoms with Crippen molar-refractivity contribution in [1.82, 2.24) is 4.90 Å². The number of benzene rings is 1. The highest BCUT2D eigenvalue weighted by Crippen LogP contribution is 2.36. The van der Waals surface area contributed by atoms with Crippen LogP contribution in [0, 0.1) is 3.57 Å². The molecule has 18 heavy (non-hydrogen) atoms. The zero-order valence-electron chi connectivity index (χ0n) is 10.1. The lowest BCUT2D eigenvalue weighted by Gasteiger charge is -2.37. The summed E-state index contributed by atoms with van der Waals surface area (Å²) in [5.41, 5.74) is 0.767. The molecule has 0 aliphatic carbocycles. The number of aliphatic hydroxyl groups is 1. The van der Waals surface area contributed by atoms with Crippen molar-refractivity contribution in [3.63, 3.8) is 0 Å². The Hall–Kier alpha value is -0.620. The first-order valence-corrected chi connectivity index (χ1v) is 7.49. The maximum Gasteiger partial charge on any atom is 0.254 e. The van der Waals surface area contributed by atoms with Crippen molar-refractivity contribution < 1.29 is 9.90 Å². The molecule has 1 aromatic carbocycles. The maximum absolute atomic E-state index is 12.5. The van der Waals surface area contributed by atoms with Gasteiger partial charge in [0.05, 0.1) is 6.10 Å². The van der Waals surface area contributed by atoms with Gasteiger partial charge in [-0.2, -0.15) is 0 Å². The second-order valence-electron chi connectivity index (χ2n) is 5.23. The van der Waals surface area contributed by atoms with Gasteiger partial charge in [0.1, 0.15) is 0 Å². The maximum atomic E-state index is 12.5. The minimum atomic E-state index is -0.219. The normalized spacial score (nSPS) is 30.6. The van der Waals surface area contributed by atoms with E-state index in [4.69, 9.17) is 0 Å². The van der Waals surface area contributed by atoms with E-state index in [0.29, 0.717) is 0 Å². The van der Waals surface area contributed by atoms with Crippen molar-refractivity contribution in [2.75, 3.05) is 0 Å². The van der Waals surface area contributed by atoms with Crippen LogP contribution in [0.5, 0.6) is 0 Å². The van der Waals surface area contributed by atoms with Gasteiger partial charge in [-0.1, -0.05) is 0 Å². The lowest BCUT2D eigenvalue weighted by molar-refractivity contribution is 0.0287. The molecule has 4 heteroatoms. The van der Waals surface area contributed by atoms with Gasteiger partial charge in [0.15, 0.2) is 0 Å². The molecule has 2 aliphatic heterocycles. The molecule has 0 radical (unpaired) electrons. The molecule has 96 valence electrons. The highest BCUT2D eigenvalue weighted by atomic mass is 127. The molecular formula is C14H16INO2. The average molecular weight is 357 g/mol. The Morgan fingerprint density at radius 3 is 2.28 bits per heavy atom. The average Bonchev–Trinajstić information content (AvgIpc) is 2.62. The third-order valence-corrected chi connectivity index (χ3v) is 4.75. The highest BCUT2D eigenvalue weighted by molar-refractivity contribution is 14.1. The Balaban J connectivity index is 1.83. The van der Waals surface area contributed by atoms with E-state index < -0.39 is 0 Å².